The van der Waals surface area contributed by atoms with Crippen LogP contribution < -0.4 is 15.5 Å². The van der Waals surface area contributed by atoms with Gasteiger partial charge in [0, 0.05) is 32.4 Å². The van der Waals surface area contributed by atoms with Crippen LogP contribution in [0.1, 0.15) is 19.8 Å². The normalized spacial score (nSPS) is 22.3. The zero-order valence-corrected chi connectivity index (χ0v) is 12.5. The minimum atomic E-state index is -0.246. The molecule has 2 rings (SSSR count). The van der Waals surface area contributed by atoms with Crippen LogP contribution in [0.2, 0.25) is 0 Å². The molecule has 2 N–H and O–H groups in total. The molecule has 4 nitrogen and oxygen atoms in total. The molecule has 0 spiro atoms. The summed E-state index contributed by atoms with van der Waals surface area (Å²) in [6.07, 6.45) is 2.05. The van der Waals surface area contributed by atoms with Crippen molar-refractivity contribution in [3.63, 3.8) is 0 Å². The largest absolute Gasteiger partial charge is 0.373 e. The quantitative estimate of drug-likeness (QED) is 0.858. The number of nitrogens with one attached hydrogen (secondary N) is 2. The Bertz CT molecular complexity index is 427. The molecule has 1 fully saturated rings. The second-order valence-electron chi connectivity index (χ2n) is 5.85. The molecule has 1 aromatic rings. The van der Waals surface area contributed by atoms with Gasteiger partial charge in [-0.3, -0.25) is 4.79 Å². The number of para-hydroxylation sites is 1. The first-order valence-corrected chi connectivity index (χ1v) is 7.37. The van der Waals surface area contributed by atoms with E-state index in [0.717, 1.165) is 32.5 Å². The monoisotopic (exact) mass is 275 g/mol. The lowest BCUT2D eigenvalue weighted by Crippen LogP contribution is -2.49. The van der Waals surface area contributed by atoms with Crippen LogP contribution in [0.3, 0.4) is 0 Å². The molecule has 1 aliphatic rings. The number of carbonyl (C=O) groups is 1. The Labute approximate surface area is 121 Å². The molecule has 110 valence electrons. The number of amides is 1. The Balaban J connectivity index is 1.76. The van der Waals surface area contributed by atoms with E-state index in [4.69, 9.17) is 0 Å². The summed E-state index contributed by atoms with van der Waals surface area (Å²) in [5, 5.41) is 6.38. The molecule has 1 atom stereocenters. The van der Waals surface area contributed by atoms with Crippen molar-refractivity contribution in [1.82, 2.24) is 10.6 Å². The van der Waals surface area contributed by atoms with E-state index in [1.54, 1.807) is 0 Å². The molecule has 0 bridgehead atoms. The molecule has 1 saturated heterocycles. The van der Waals surface area contributed by atoms with Crippen molar-refractivity contribution >= 4 is 11.6 Å². The summed E-state index contributed by atoms with van der Waals surface area (Å²) in [5.74, 6) is 0.172. The van der Waals surface area contributed by atoms with Crippen LogP contribution in [0.5, 0.6) is 0 Å². The zero-order valence-electron chi connectivity index (χ0n) is 12.5. The maximum absolute atomic E-state index is 12.3. The third-order valence-corrected chi connectivity index (χ3v) is 4.08. The van der Waals surface area contributed by atoms with E-state index in [-0.39, 0.29) is 11.3 Å². The van der Waals surface area contributed by atoms with Gasteiger partial charge in [0.05, 0.1) is 5.41 Å². The van der Waals surface area contributed by atoms with Gasteiger partial charge in [-0.15, -0.1) is 0 Å². The lowest BCUT2D eigenvalue weighted by molar-refractivity contribution is -0.131. The van der Waals surface area contributed by atoms with Crippen molar-refractivity contribution in [2.45, 2.75) is 19.8 Å². The molecule has 0 radical (unpaired) electrons. The fraction of sp³-hybridized carbons (Fsp3) is 0.562. The number of piperidine rings is 1. The maximum atomic E-state index is 12.3. The number of carbonyl (C=O) groups excluding carboxylic acids is 1. The molecule has 0 saturated carbocycles. The summed E-state index contributed by atoms with van der Waals surface area (Å²) in [6, 6.07) is 10.2. The molecule has 20 heavy (non-hydrogen) atoms. The van der Waals surface area contributed by atoms with Gasteiger partial charge in [0.2, 0.25) is 5.91 Å². The van der Waals surface area contributed by atoms with Gasteiger partial charge in [-0.05, 0) is 38.4 Å². The highest BCUT2D eigenvalue weighted by atomic mass is 16.2. The van der Waals surface area contributed by atoms with Crippen LogP contribution in [-0.4, -0.2) is 39.1 Å². The topological polar surface area (TPSA) is 44.4 Å². The Hall–Kier alpha value is -1.55. The number of likely N-dealkylation sites (N-methyl/N-ethyl adjacent to an activating group) is 1. The predicted molar refractivity (Wildman–Crippen MR) is 82.9 cm³/mol. The Morgan fingerprint density at radius 3 is 2.80 bits per heavy atom. The van der Waals surface area contributed by atoms with Crippen molar-refractivity contribution in [3.8, 4) is 0 Å². The summed E-state index contributed by atoms with van der Waals surface area (Å²) < 4.78 is 0. The maximum Gasteiger partial charge on any atom is 0.227 e. The van der Waals surface area contributed by atoms with Crippen LogP contribution >= 0.6 is 0 Å². The molecule has 1 aliphatic heterocycles. The van der Waals surface area contributed by atoms with Gasteiger partial charge in [0.15, 0.2) is 0 Å². The molecule has 1 unspecified atom stereocenters. The minimum absolute atomic E-state index is 0.172. The molecular formula is C16H25N3O. The highest BCUT2D eigenvalue weighted by Crippen LogP contribution is 2.25. The highest BCUT2D eigenvalue weighted by Gasteiger charge is 2.34. The van der Waals surface area contributed by atoms with Gasteiger partial charge >= 0.3 is 0 Å². The van der Waals surface area contributed by atoms with E-state index in [2.05, 4.69) is 34.6 Å². The number of nitrogens with zero attached hydrogens (tertiary/aromatic N) is 1. The minimum Gasteiger partial charge on any atom is -0.373 e. The average Bonchev–Trinajstić information content (AvgIpc) is 2.48. The SMILES string of the molecule is CN(CCNC(=O)C1(C)CCCNC1)c1ccccc1. The number of hydrogen-bond acceptors (Lipinski definition) is 3. The summed E-state index contributed by atoms with van der Waals surface area (Å²) in [5.41, 5.74) is 0.927. The van der Waals surface area contributed by atoms with E-state index in [1.165, 1.54) is 5.69 Å². The van der Waals surface area contributed by atoms with Crippen molar-refractivity contribution in [2.24, 2.45) is 5.41 Å². The lowest BCUT2D eigenvalue weighted by Gasteiger charge is -2.33. The highest BCUT2D eigenvalue weighted by molar-refractivity contribution is 5.82. The van der Waals surface area contributed by atoms with Crippen molar-refractivity contribution in [1.29, 1.82) is 0 Å². The van der Waals surface area contributed by atoms with Crippen molar-refractivity contribution in [3.05, 3.63) is 30.3 Å². The summed E-state index contributed by atoms with van der Waals surface area (Å²) in [6.45, 7) is 5.36. The van der Waals surface area contributed by atoms with Gasteiger partial charge in [-0.1, -0.05) is 18.2 Å². The van der Waals surface area contributed by atoms with Crippen LogP contribution in [0.25, 0.3) is 0 Å². The zero-order chi connectivity index (χ0) is 14.4. The van der Waals surface area contributed by atoms with Crippen LogP contribution in [0.15, 0.2) is 30.3 Å². The average molecular weight is 275 g/mol. The molecule has 1 amide bonds. The number of hydrogen-bond donors (Lipinski definition) is 2. The third-order valence-electron chi connectivity index (χ3n) is 4.08. The second kappa shape index (κ2) is 6.75. The van der Waals surface area contributed by atoms with Gasteiger partial charge in [-0.2, -0.15) is 0 Å². The summed E-state index contributed by atoms with van der Waals surface area (Å²) in [4.78, 5) is 14.4. The van der Waals surface area contributed by atoms with Gasteiger partial charge < -0.3 is 15.5 Å². The molecule has 1 heterocycles. The Morgan fingerprint density at radius 2 is 2.15 bits per heavy atom. The molecular weight excluding hydrogens is 250 g/mol. The van der Waals surface area contributed by atoms with Gasteiger partial charge in [0.1, 0.15) is 0 Å². The van der Waals surface area contributed by atoms with Crippen molar-refractivity contribution < 1.29 is 4.79 Å². The van der Waals surface area contributed by atoms with Crippen molar-refractivity contribution in [2.75, 3.05) is 38.1 Å². The first-order chi connectivity index (χ1) is 9.62. The molecule has 0 aromatic heterocycles. The van der Waals surface area contributed by atoms with Gasteiger partial charge in [-0.25, -0.2) is 0 Å². The standard InChI is InChI=1S/C16H25N3O/c1-16(9-6-10-17-13-16)15(20)18-11-12-19(2)14-7-4-3-5-8-14/h3-5,7-8,17H,6,9-13H2,1-2H3,(H,18,20). The Kier molecular flexibility index (Phi) is 5.01. The molecule has 0 aliphatic carbocycles. The molecule has 4 heteroatoms. The third kappa shape index (κ3) is 3.73. The van der Waals surface area contributed by atoms with Crippen LogP contribution in [0.4, 0.5) is 5.69 Å². The number of rotatable bonds is 5. The van der Waals surface area contributed by atoms with Crippen LogP contribution in [0, 0.1) is 5.41 Å². The first-order valence-electron chi connectivity index (χ1n) is 7.37. The Morgan fingerprint density at radius 1 is 1.40 bits per heavy atom. The smallest absolute Gasteiger partial charge is 0.227 e. The number of anilines is 1. The summed E-state index contributed by atoms with van der Waals surface area (Å²) in [7, 11) is 2.05. The predicted octanol–water partition coefficient (Wildman–Crippen LogP) is 1.63. The fourth-order valence-electron chi connectivity index (χ4n) is 2.61. The van der Waals surface area contributed by atoms with E-state index in [0.29, 0.717) is 6.54 Å². The number of benzene rings is 1. The van der Waals surface area contributed by atoms with E-state index >= 15 is 0 Å². The molecule has 1 aromatic carbocycles. The first kappa shape index (κ1) is 14.9. The van der Waals surface area contributed by atoms with Gasteiger partial charge in [0.25, 0.3) is 0 Å². The lowest BCUT2D eigenvalue weighted by atomic mass is 9.82. The summed E-state index contributed by atoms with van der Waals surface area (Å²) >= 11 is 0. The van der Waals surface area contributed by atoms with E-state index in [1.807, 2.05) is 25.2 Å². The van der Waals surface area contributed by atoms with E-state index in [9.17, 15) is 4.79 Å². The fourth-order valence-corrected chi connectivity index (χ4v) is 2.61. The van der Waals surface area contributed by atoms with E-state index < -0.39 is 0 Å². The van der Waals surface area contributed by atoms with Crippen LogP contribution in [-0.2, 0) is 4.79 Å². The second-order valence-corrected chi connectivity index (χ2v) is 5.85.